The number of carbonyl (C=O) groups is 1. The summed E-state index contributed by atoms with van der Waals surface area (Å²) in [5.41, 5.74) is 0. The van der Waals surface area contributed by atoms with Gasteiger partial charge in [-0.2, -0.15) is 11.8 Å². The number of amides is 1. The zero-order valence-corrected chi connectivity index (χ0v) is 15.8. The summed E-state index contributed by atoms with van der Waals surface area (Å²) in [6.45, 7) is 5.20. The van der Waals surface area contributed by atoms with E-state index in [0.717, 1.165) is 38.4 Å². The maximum absolute atomic E-state index is 11.5. The first kappa shape index (κ1) is 18.9. The lowest BCUT2D eigenvalue weighted by molar-refractivity contribution is -0.122. The second-order valence-electron chi connectivity index (χ2n) is 5.35. The lowest BCUT2D eigenvalue weighted by Gasteiger charge is -2.13. The van der Waals surface area contributed by atoms with Gasteiger partial charge in [-0.25, -0.2) is 0 Å². The highest BCUT2D eigenvalue weighted by Crippen LogP contribution is 2.28. The molecule has 1 aliphatic heterocycles. The normalized spacial score (nSPS) is 21.6. The van der Waals surface area contributed by atoms with Gasteiger partial charge in [-0.1, -0.05) is 0 Å². The van der Waals surface area contributed by atoms with Crippen molar-refractivity contribution in [2.75, 3.05) is 31.9 Å². The Hall–Kier alpha value is -0.180. The van der Waals surface area contributed by atoms with Crippen LogP contribution in [0.1, 0.15) is 32.6 Å². The Balaban J connectivity index is 0.00000220. The standard InChI is InChI=1S/C14H26N4OS.HI/c1-2-15-14(18-10-12-4-3-9-20-12)17-8-7-16-13(19)11-5-6-11;/h11-12H,2-10H2,1H3,(H,16,19)(H2,15,17,18);1H. The number of hydrogen-bond acceptors (Lipinski definition) is 3. The smallest absolute Gasteiger partial charge is 0.223 e. The molecule has 2 rings (SSSR count). The average molecular weight is 426 g/mol. The van der Waals surface area contributed by atoms with Crippen molar-refractivity contribution >= 4 is 47.6 Å². The Morgan fingerprint density at radius 2 is 1.95 bits per heavy atom. The molecule has 0 aromatic carbocycles. The molecule has 5 nitrogen and oxygen atoms in total. The highest BCUT2D eigenvalue weighted by atomic mass is 127. The minimum Gasteiger partial charge on any atom is -0.357 e. The fourth-order valence-corrected chi connectivity index (χ4v) is 3.36. The summed E-state index contributed by atoms with van der Waals surface area (Å²) in [4.78, 5) is 16.1. The number of halogens is 1. The molecule has 0 aromatic rings. The summed E-state index contributed by atoms with van der Waals surface area (Å²) in [6.07, 6.45) is 4.72. The van der Waals surface area contributed by atoms with Crippen molar-refractivity contribution in [3.63, 3.8) is 0 Å². The third-order valence-corrected chi connectivity index (χ3v) is 4.87. The molecular formula is C14H27IN4OS. The lowest BCUT2D eigenvalue weighted by atomic mass is 10.2. The van der Waals surface area contributed by atoms with Crippen molar-refractivity contribution in [2.45, 2.75) is 37.9 Å². The second kappa shape index (κ2) is 10.5. The van der Waals surface area contributed by atoms with Gasteiger partial charge in [0.25, 0.3) is 0 Å². The first-order valence-electron chi connectivity index (χ1n) is 7.71. The Bertz CT molecular complexity index is 344. The number of aliphatic imine (C=N–C) groups is 1. The van der Waals surface area contributed by atoms with Gasteiger partial charge in [0.2, 0.25) is 5.91 Å². The Labute approximate surface area is 148 Å². The molecule has 3 N–H and O–H groups in total. The summed E-state index contributed by atoms with van der Waals surface area (Å²) in [6, 6.07) is 0. The van der Waals surface area contributed by atoms with Crippen LogP contribution in [-0.2, 0) is 4.79 Å². The Morgan fingerprint density at radius 1 is 1.19 bits per heavy atom. The van der Waals surface area contributed by atoms with Gasteiger partial charge >= 0.3 is 0 Å². The van der Waals surface area contributed by atoms with E-state index in [4.69, 9.17) is 0 Å². The Morgan fingerprint density at radius 3 is 2.57 bits per heavy atom. The summed E-state index contributed by atoms with van der Waals surface area (Å²) in [7, 11) is 0. The van der Waals surface area contributed by atoms with Crippen molar-refractivity contribution in [2.24, 2.45) is 10.9 Å². The first-order chi connectivity index (χ1) is 9.79. The predicted molar refractivity (Wildman–Crippen MR) is 101 cm³/mol. The van der Waals surface area contributed by atoms with Crippen LogP contribution in [0.5, 0.6) is 0 Å². The van der Waals surface area contributed by atoms with Crippen molar-refractivity contribution in [3.8, 4) is 0 Å². The van der Waals surface area contributed by atoms with E-state index in [1.165, 1.54) is 18.6 Å². The Kier molecular flexibility index (Phi) is 9.46. The molecule has 0 radical (unpaired) electrons. The molecule has 2 fully saturated rings. The van der Waals surface area contributed by atoms with Crippen molar-refractivity contribution in [1.82, 2.24) is 16.0 Å². The van der Waals surface area contributed by atoms with E-state index < -0.39 is 0 Å². The van der Waals surface area contributed by atoms with Gasteiger partial charge in [0.1, 0.15) is 0 Å². The average Bonchev–Trinajstić information content (AvgIpc) is 3.17. The summed E-state index contributed by atoms with van der Waals surface area (Å²) in [5, 5.41) is 10.2. The van der Waals surface area contributed by atoms with Crippen LogP contribution in [-0.4, -0.2) is 49.0 Å². The number of carbonyl (C=O) groups excluding carboxylic acids is 1. The van der Waals surface area contributed by atoms with Crippen LogP contribution < -0.4 is 16.0 Å². The molecule has 122 valence electrons. The molecule has 1 amide bonds. The van der Waals surface area contributed by atoms with E-state index in [0.29, 0.717) is 11.8 Å². The van der Waals surface area contributed by atoms with Gasteiger partial charge in [0.15, 0.2) is 5.96 Å². The SMILES string of the molecule is CCNC(=NCC1CCCS1)NCCNC(=O)C1CC1.I. The zero-order chi connectivity index (χ0) is 14.2. The maximum Gasteiger partial charge on any atom is 0.223 e. The van der Waals surface area contributed by atoms with Crippen molar-refractivity contribution in [3.05, 3.63) is 0 Å². The van der Waals surface area contributed by atoms with E-state index in [2.05, 4.69) is 27.9 Å². The van der Waals surface area contributed by atoms with Crippen LogP contribution in [0.15, 0.2) is 4.99 Å². The lowest BCUT2D eigenvalue weighted by Crippen LogP contribution is -2.42. The van der Waals surface area contributed by atoms with Gasteiger partial charge in [-0.05, 0) is 38.4 Å². The van der Waals surface area contributed by atoms with Crippen LogP contribution in [0.25, 0.3) is 0 Å². The van der Waals surface area contributed by atoms with Gasteiger partial charge in [-0.15, -0.1) is 24.0 Å². The van der Waals surface area contributed by atoms with Gasteiger partial charge in [-0.3, -0.25) is 9.79 Å². The minimum atomic E-state index is 0. The molecule has 7 heteroatoms. The van der Waals surface area contributed by atoms with Crippen LogP contribution in [0.4, 0.5) is 0 Å². The van der Waals surface area contributed by atoms with E-state index >= 15 is 0 Å². The molecule has 1 aliphatic carbocycles. The molecule has 1 unspecified atom stereocenters. The molecule has 21 heavy (non-hydrogen) atoms. The molecular weight excluding hydrogens is 399 g/mol. The topological polar surface area (TPSA) is 65.5 Å². The number of nitrogens with zero attached hydrogens (tertiary/aromatic N) is 1. The second-order valence-corrected chi connectivity index (χ2v) is 6.75. The predicted octanol–water partition coefficient (Wildman–Crippen LogP) is 1.58. The van der Waals surface area contributed by atoms with Gasteiger partial charge in [0, 0.05) is 30.8 Å². The first-order valence-corrected chi connectivity index (χ1v) is 8.76. The van der Waals surface area contributed by atoms with Crippen LogP contribution in [0.2, 0.25) is 0 Å². The molecule has 0 bridgehead atoms. The van der Waals surface area contributed by atoms with Crippen LogP contribution in [0.3, 0.4) is 0 Å². The van der Waals surface area contributed by atoms with Crippen LogP contribution >= 0.6 is 35.7 Å². The van der Waals surface area contributed by atoms with Crippen molar-refractivity contribution in [1.29, 1.82) is 0 Å². The summed E-state index contributed by atoms with van der Waals surface area (Å²) in [5.74, 6) is 2.63. The van der Waals surface area contributed by atoms with E-state index in [1.54, 1.807) is 0 Å². The molecule has 1 saturated heterocycles. The third-order valence-electron chi connectivity index (χ3n) is 3.49. The zero-order valence-electron chi connectivity index (χ0n) is 12.7. The molecule has 0 spiro atoms. The largest absolute Gasteiger partial charge is 0.357 e. The van der Waals surface area contributed by atoms with Crippen molar-refractivity contribution < 1.29 is 4.79 Å². The number of hydrogen-bond donors (Lipinski definition) is 3. The van der Waals surface area contributed by atoms with E-state index in [9.17, 15) is 4.79 Å². The quantitative estimate of drug-likeness (QED) is 0.250. The van der Waals surface area contributed by atoms with Gasteiger partial charge in [0.05, 0.1) is 6.54 Å². The fraction of sp³-hybridized carbons (Fsp3) is 0.857. The monoisotopic (exact) mass is 426 g/mol. The highest BCUT2D eigenvalue weighted by molar-refractivity contribution is 14.0. The summed E-state index contributed by atoms with van der Waals surface area (Å²) < 4.78 is 0. The minimum absolute atomic E-state index is 0. The van der Waals surface area contributed by atoms with E-state index in [1.807, 2.05) is 11.8 Å². The molecule has 1 heterocycles. The molecule has 1 atom stereocenters. The fourth-order valence-electron chi connectivity index (χ4n) is 2.18. The number of rotatable bonds is 7. The maximum atomic E-state index is 11.5. The summed E-state index contributed by atoms with van der Waals surface area (Å²) >= 11 is 2.03. The molecule has 2 aliphatic rings. The van der Waals surface area contributed by atoms with Crippen LogP contribution in [0, 0.1) is 5.92 Å². The third kappa shape index (κ3) is 7.58. The number of thioether (sulfide) groups is 1. The highest BCUT2D eigenvalue weighted by Gasteiger charge is 2.28. The molecule has 0 aromatic heterocycles. The number of guanidine groups is 1. The number of nitrogens with one attached hydrogen (secondary N) is 3. The van der Waals surface area contributed by atoms with E-state index in [-0.39, 0.29) is 35.8 Å². The molecule has 1 saturated carbocycles. The van der Waals surface area contributed by atoms with Gasteiger partial charge < -0.3 is 16.0 Å².